The number of carboxylic acids is 1. The summed E-state index contributed by atoms with van der Waals surface area (Å²) < 4.78 is 0. The van der Waals surface area contributed by atoms with Crippen LogP contribution in [-0.2, 0) is 4.79 Å². The number of aromatic nitrogens is 1. The predicted molar refractivity (Wildman–Crippen MR) is 74.2 cm³/mol. The van der Waals surface area contributed by atoms with Crippen LogP contribution in [0, 0.1) is 0 Å². The maximum Gasteiger partial charge on any atom is 0.335 e. The normalized spacial score (nSPS) is 15.1. The zero-order valence-corrected chi connectivity index (χ0v) is 10.9. The number of benzene rings is 1. The number of hydrogen-bond acceptors (Lipinski definition) is 4. The summed E-state index contributed by atoms with van der Waals surface area (Å²) in [6, 6.07) is 4.06. The van der Waals surface area contributed by atoms with E-state index < -0.39 is 12.0 Å². The van der Waals surface area contributed by atoms with Crippen LogP contribution in [0.25, 0.3) is 10.8 Å². The van der Waals surface area contributed by atoms with Gasteiger partial charge in [0.1, 0.15) is 0 Å². The topological polar surface area (TPSA) is 99.6 Å². The summed E-state index contributed by atoms with van der Waals surface area (Å²) in [5, 5.41) is 12.7. The Hall–Kier alpha value is -2.96. The Labute approximate surface area is 119 Å². The number of fused-ring (bicyclic) bond motifs is 1. The second kappa shape index (κ2) is 4.86. The van der Waals surface area contributed by atoms with Gasteiger partial charge in [0.15, 0.2) is 0 Å². The van der Waals surface area contributed by atoms with Gasteiger partial charge in [-0.15, -0.1) is 0 Å². The minimum absolute atomic E-state index is 0.0772. The zero-order chi connectivity index (χ0) is 15.0. The largest absolute Gasteiger partial charge is 0.478 e. The van der Waals surface area contributed by atoms with Gasteiger partial charge in [0.2, 0.25) is 5.91 Å². The van der Waals surface area contributed by atoms with Crippen molar-refractivity contribution in [2.24, 2.45) is 0 Å². The van der Waals surface area contributed by atoms with Crippen LogP contribution < -0.4 is 10.2 Å². The number of imide groups is 1. The molecule has 1 saturated heterocycles. The van der Waals surface area contributed by atoms with E-state index in [0.717, 1.165) is 0 Å². The summed E-state index contributed by atoms with van der Waals surface area (Å²) in [5.41, 5.74) is 0.511. The number of urea groups is 1. The molecular weight excluding hydrogens is 274 g/mol. The van der Waals surface area contributed by atoms with Crippen LogP contribution in [0.2, 0.25) is 0 Å². The highest BCUT2D eigenvalue weighted by Gasteiger charge is 2.26. The Balaban J connectivity index is 2.18. The van der Waals surface area contributed by atoms with Gasteiger partial charge < -0.3 is 5.11 Å². The fraction of sp³-hybridized carbons (Fsp3) is 0.143. The molecule has 2 heterocycles. The van der Waals surface area contributed by atoms with E-state index >= 15 is 0 Å². The average Bonchev–Trinajstić information content (AvgIpc) is 2.46. The highest BCUT2D eigenvalue weighted by atomic mass is 16.4. The zero-order valence-electron chi connectivity index (χ0n) is 10.9. The van der Waals surface area contributed by atoms with Gasteiger partial charge in [-0.25, -0.2) is 9.59 Å². The van der Waals surface area contributed by atoms with Gasteiger partial charge in [0, 0.05) is 30.7 Å². The van der Waals surface area contributed by atoms with Gasteiger partial charge in [-0.2, -0.15) is 0 Å². The van der Waals surface area contributed by atoms with Crippen LogP contribution in [0.1, 0.15) is 16.8 Å². The van der Waals surface area contributed by atoms with Gasteiger partial charge >= 0.3 is 12.0 Å². The highest BCUT2D eigenvalue weighted by Crippen LogP contribution is 2.29. The molecule has 0 spiro atoms. The summed E-state index contributed by atoms with van der Waals surface area (Å²) in [7, 11) is 0. The third kappa shape index (κ3) is 2.29. The van der Waals surface area contributed by atoms with E-state index in [1.54, 1.807) is 18.5 Å². The van der Waals surface area contributed by atoms with Gasteiger partial charge in [0.25, 0.3) is 0 Å². The quantitative estimate of drug-likeness (QED) is 0.868. The van der Waals surface area contributed by atoms with Crippen molar-refractivity contribution in [3.8, 4) is 0 Å². The molecule has 1 aliphatic heterocycles. The van der Waals surface area contributed by atoms with Crippen molar-refractivity contribution >= 4 is 34.4 Å². The van der Waals surface area contributed by atoms with Crippen LogP contribution >= 0.6 is 0 Å². The highest BCUT2D eigenvalue weighted by molar-refractivity contribution is 6.11. The molecule has 0 aliphatic carbocycles. The lowest BCUT2D eigenvalue weighted by atomic mass is 10.1. The predicted octanol–water partition coefficient (Wildman–Crippen LogP) is 1.38. The molecule has 7 heteroatoms. The van der Waals surface area contributed by atoms with Gasteiger partial charge in [-0.3, -0.25) is 20.0 Å². The van der Waals surface area contributed by atoms with E-state index in [1.165, 1.54) is 17.0 Å². The first-order chi connectivity index (χ1) is 10.1. The molecule has 0 saturated carbocycles. The van der Waals surface area contributed by atoms with E-state index in [2.05, 4.69) is 10.3 Å². The third-order valence-corrected chi connectivity index (χ3v) is 3.33. The number of carboxylic acid groups (broad SMARTS) is 1. The lowest BCUT2D eigenvalue weighted by Gasteiger charge is -2.27. The smallest absolute Gasteiger partial charge is 0.335 e. The minimum Gasteiger partial charge on any atom is -0.478 e. The molecule has 2 aromatic rings. The fourth-order valence-electron chi connectivity index (χ4n) is 2.32. The molecule has 1 fully saturated rings. The number of aromatic carboxylic acids is 1. The van der Waals surface area contributed by atoms with Crippen molar-refractivity contribution in [3.05, 3.63) is 36.2 Å². The Morgan fingerprint density at radius 2 is 2.14 bits per heavy atom. The van der Waals surface area contributed by atoms with Crippen LogP contribution in [0.5, 0.6) is 0 Å². The first-order valence-electron chi connectivity index (χ1n) is 6.28. The molecule has 3 rings (SSSR count). The van der Waals surface area contributed by atoms with Crippen molar-refractivity contribution in [1.82, 2.24) is 10.3 Å². The summed E-state index contributed by atoms with van der Waals surface area (Å²) >= 11 is 0. The van der Waals surface area contributed by atoms with Crippen LogP contribution in [0.15, 0.2) is 30.6 Å². The SMILES string of the molecule is O=C1CCN(c2cc(C(=O)O)cc3ccncc23)C(=O)N1. The number of anilines is 1. The number of nitrogens with zero attached hydrogens (tertiary/aromatic N) is 2. The molecule has 3 amide bonds. The summed E-state index contributed by atoms with van der Waals surface area (Å²) in [6.07, 6.45) is 3.29. The summed E-state index contributed by atoms with van der Waals surface area (Å²) in [6.45, 7) is 0.206. The molecule has 2 N–H and O–H groups in total. The Bertz CT molecular complexity index is 772. The van der Waals surface area contributed by atoms with Crippen molar-refractivity contribution in [2.45, 2.75) is 6.42 Å². The monoisotopic (exact) mass is 285 g/mol. The molecule has 7 nitrogen and oxygen atoms in total. The number of hydrogen-bond donors (Lipinski definition) is 2. The lowest BCUT2D eigenvalue weighted by molar-refractivity contribution is -0.120. The van der Waals surface area contributed by atoms with Gasteiger partial charge in [-0.1, -0.05) is 0 Å². The van der Waals surface area contributed by atoms with E-state index in [4.69, 9.17) is 0 Å². The third-order valence-electron chi connectivity index (χ3n) is 3.33. The molecule has 0 bridgehead atoms. The maximum absolute atomic E-state index is 12.0. The standard InChI is InChI=1S/C14H11N3O4/c18-12-2-4-17(14(21)16-12)11-6-9(13(19)20)5-8-1-3-15-7-10(8)11/h1,3,5-7H,2,4H2,(H,19,20)(H,16,18,21). The van der Waals surface area contributed by atoms with Crippen LogP contribution in [0.3, 0.4) is 0 Å². The summed E-state index contributed by atoms with van der Waals surface area (Å²) in [4.78, 5) is 39.8. The van der Waals surface area contributed by atoms with Crippen molar-refractivity contribution in [3.63, 3.8) is 0 Å². The molecule has 1 aromatic carbocycles. The maximum atomic E-state index is 12.0. The Morgan fingerprint density at radius 1 is 1.33 bits per heavy atom. The minimum atomic E-state index is -1.08. The molecular formula is C14H11N3O4. The second-order valence-electron chi connectivity index (χ2n) is 4.65. The van der Waals surface area contributed by atoms with E-state index in [0.29, 0.717) is 16.5 Å². The molecule has 1 aromatic heterocycles. The number of nitrogens with one attached hydrogen (secondary N) is 1. The number of rotatable bonds is 2. The molecule has 0 unspecified atom stereocenters. The van der Waals surface area contributed by atoms with Gasteiger partial charge in [-0.05, 0) is 23.6 Å². The van der Waals surface area contributed by atoms with E-state index in [9.17, 15) is 19.5 Å². The number of carbonyl (C=O) groups is 3. The van der Waals surface area contributed by atoms with Crippen LogP contribution in [-0.4, -0.2) is 34.5 Å². The molecule has 0 radical (unpaired) electrons. The second-order valence-corrected chi connectivity index (χ2v) is 4.65. The van der Waals surface area contributed by atoms with Crippen molar-refractivity contribution < 1.29 is 19.5 Å². The molecule has 1 aliphatic rings. The van der Waals surface area contributed by atoms with E-state index in [-0.39, 0.29) is 24.4 Å². The lowest BCUT2D eigenvalue weighted by Crippen LogP contribution is -2.49. The Morgan fingerprint density at radius 3 is 2.86 bits per heavy atom. The first kappa shape index (κ1) is 13.0. The van der Waals surface area contributed by atoms with Crippen molar-refractivity contribution in [1.29, 1.82) is 0 Å². The van der Waals surface area contributed by atoms with Crippen molar-refractivity contribution in [2.75, 3.05) is 11.4 Å². The molecule has 106 valence electrons. The number of amides is 3. The van der Waals surface area contributed by atoms with Crippen LogP contribution in [0.4, 0.5) is 10.5 Å². The summed E-state index contributed by atoms with van der Waals surface area (Å²) in [5.74, 6) is -1.42. The van der Waals surface area contributed by atoms with Gasteiger partial charge in [0.05, 0.1) is 11.3 Å². The Kier molecular flexibility index (Phi) is 3.02. The fourth-order valence-corrected chi connectivity index (χ4v) is 2.32. The number of carbonyl (C=O) groups excluding carboxylic acids is 2. The average molecular weight is 285 g/mol. The number of pyridine rings is 1. The van der Waals surface area contributed by atoms with E-state index in [1.807, 2.05) is 0 Å². The first-order valence-corrected chi connectivity index (χ1v) is 6.28. The molecule has 21 heavy (non-hydrogen) atoms. The molecule has 0 atom stereocenters.